The number of amides is 2. The molecule has 0 spiro atoms. The van der Waals surface area contributed by atoms with E-state index in [2.05, 4.69) is 5.32 Å². The Hall–Kier alpha value is -2.37. The van der Waals surface area contributed by atoms with Crippen LogP contribution in [0.4, 0.5) is 4.79 Å². The van der Waals surface area contributed by atoms with E-state index < -0.39 is 17.3 Å². The summed E-state index contributed by atoms with van der Waals surface area (Å²) in [5.41, 5.74) is 1.83. The molecule has 0 aliphatic carbocycles. The van der Waals surface area contributed by atoms with Gasteiger partial charge in [0.05, 0.1) is 4.91 Å². The van der Waals surface area contributed by atoms with Gasteiger partial charge in [-0.2, -0.15) is 0 Å². The summed E-state index contributed by atoms with van der Waals surface area (Å²) in [6, 6.07) is 18.2. The van der Waals surface area contributed by atoms with Crippen molar-refractivity contribution in [2.45, 2.75) is 6.10 Å². The van der Waals surface area contributed by atoms with Crippen LogP contribution in [0.5, 0.6) is 0 Å². The Morgan fingerprint density at radius 3 is 2.09 bits per heavy atom. The molecule has 1 aliphatic rings. The fourth-order valence-corrected chi connectivity index (χ4v) is 3.14. The van der Waals surface area contributed by atoms with Crippen molar-refractivity contribution >= 4 is 28.5 Å². The van der Waals surface area contributed by atoms with Crippen molar-refractivity contribution in [1.29, 1.82) is 0 Å². The van der Waals surface area contributed by atoms with Crippen molar-refractivity contribution in [3.05, 3.63) is 76.7 Å². The molecule has 0 aromatic heterocycles. The van der Waals surface area contributed by atoms with Crippen LogP contribution < -0.4 is 5.32 Å². The number of aliphatic hydroxyl groups is 1. The van der Waals surface area contributed by atoms with E-state index in [-0.39, 0.29) is 4.91 Å². The Kier molecular flexibility index (Phi) is 4.09. The van der Waals surface area contributed by atoms with Gasteiger partial charge in [-0.25, -0.2) is 0 Å². The van der Waals surface area contributed by atoms with Crippen LogP contribution in [0.2, 0.25) is 0 Å². The molecule has 1 saturated heterocycles. The molecule has 1 fully saturated rings. The first-order valence-electron chi connectivity index (χ1n) is 6.72. The van der Waals surface area contributed by atoms with Gasteiger partial charge in [0.1, 0.15) is 6.10 Å². The lowest BCUT2D eigenvalue weighted by Crippen LogP contribution is -2.19. The minimum absolute atomic E-state index is 0.243. The third kappa shape index (κ3) is 2.81. The van der Waals surface area contributed by atoms with E-state index in [0.717, 1.165) is 11.8 Å². The summed E-state index contributed by atoms with van der Waals surface area (Å²) in [7, 11) is 0. The fourth-order valence-electron chi connectivity index (χ4n) is 2.32. The van der Waals surface area contributed by atoms with Crippen molar-refractivity contribution < 1.29 is 14.7 Å². The highest BCUT2D eigenvalue weighted by atomic mass is 32.2. The largest absolute Gasteiger partial charge is 0.384 e. The molecule has 2 aromatic rings. The van der Waals surface area contributed by atoms with Crippen molar-refractivity contribution in [2.75, 3.05) is 0 Å². The zero-order chi connectivity index (χ0) is 15.5. The van der Waals surface area contributed by atoms with Gasteiger partial charge in [0.25, 0.3) is 11.1 Å². The fraction of sp³-hybridized carbons (Fsp3) is 0.0588. The van der Waals surface area contributed by atoms with Crippen molar-refractivity contribution in [1.82, 2.24) is 5.32 Å². The van der Waals surface area contributed by atoms with Crippen LogP contribution in [-0.4, -0.2) is 16.3 Å². The molecule has 0 bridgehead atoms. The lowest BCUT2D eigenvalue weighted by atomic mass is 9.94. The number of carbonyl (C=O) groups is 2. The monoisotopic (exact) mass is 311 g/mol. The van der Waals surface area contributed by atoms with Gasteiger partial charge < -0.3 is 5.11 Å². The highest BCUT2D eigenvalue weighted by Gasteiger charge is 2.32. The van der Waals surface area contributed by atoms with Gasteiger partial charge in [-0.3, -0.25) is 14.9 Å². The molecule has 1 atom stereocenters. The molecule has 22 heavy (non-hydrogen) atoms. The highest BCUT2D eigenvalue weighted by molar-refractivity contribution is 8.18. The van der Waals surface area contributed by atoms with Crippen molar-refractivity contribution in [3.8, 4) is 0 Å². The standard InChI is InChI=1S/C17H13NO3S/c19-14(12-9-5-2-6-10-12)13(11-7-3-1-4-8-11)15-16(20)18-17(21)22-15/h1-10,14,19H,(H,18,20,21). The quantitative estimate of drug-likeness (QED) is 0.855. The van der Waals surface area contributed by atoms with Gasteiger partial charge in [-0.15, -0.1) is 0 Å². The molecule has 3 rings (SSSR count). The Morgan fingerprint density at radius 1 is 0.955 bits per heavy atom. The SMILES string of the molecule is O=C1NC(=O)C(=C(c2ccccc2)C(O)c2ccccc2)S1. The van der Waals surface area contributed by atoms with Crippen molar-refractivity contribution in [3.63, 3.8) is 0 Å². The smallest absolute Gasteiger partial charge is 0.290 e. The minimum atomic E-state index is -0.984. The molecule has 1 aliphatic heterocycles. The topological polar surface area (TPSA) is 66.4 Å². The van der Waals surface area contributed by atoms with Gasteiger partial charge in [0.2, 0.25) is 0 Å². The summed E-state index contributed by atoms with van der Waals surface area (Å²) in [6.07, 6.45) is -0.984. The summed E-state index contributed by atoms with van der Waals surface area (Å²) in [5, 5.41) is 12.6. The van der Waals surface area contributed by atoms with Crippen LogP contribution in [0.1, 0.15) is 17.2 Å². The van der Waals surface area contributed by atoms with Crippen LogP contribution in [0.3, 0.4) is 0 Å². The number of aliphatic hydroxyl groups excluding tert-OH is 1. The lowest BCUT2D eigenvalue weighted by Gasteiger charge is -2.17. The molecule has 4 nitrogen and oxygen atoms in total. The molecule has 2 aromatic carbocycles. The average molecular weight is 311 g/mol. The van der Waals surface area contributed by atoms with Crippen molar-refractivity contribution in [2.24, 2.45) is 0 Å². The van der Waals surface area contributed by atoms with Crippen LogP contribution in [0, 0.1) is 0 Å². The number of imide groups is 1. The third-order valence-corrected chi connectivity index (χ3v) is 4.23. The number of benzene rings is 2. The number of carbonyl (C=O) groups excluding carboxylic acids is 2. The van der Waals surface area contributed by atoms with E-state index >= 15 is 0 Å². The van der Waals surface area contributed by atoms with Gasteiger partial charge in [0, 0.05) is 5.57 Å². The first-order chi connectivity index (χ1) is 10.7. The Labute approximate surface area is 131 Å². The molecule has 2 N–H and O–H groups in total. The molecule has 0 saturated carbocycles. The molecule has 5 heteroatoms. The second-order valence-electron chi connectivity index (χ2n) is 4.77. The zero-order valence-electron chi connectivity index (χ0n) is 11.5. The maximum absolute atomic E-state index is 12.0. The summed E-state index contributed by atoms with van der Waals surface area (Å²) in [5.74, 6) is -0.469. The van der Waals surface area contributed by atoms with Crippen LogP contribution in [0.15, 0.2) is 65.6 Å². The molecule has 1 heterocycles. The molecular weight excluding hydrogens is 298 g/mol. The van der Waals surface area contributed by atoms with E-state index in [4.69, 9.17) is 0 Å². The maximum atomic E-state index is 12.0. The normalized spacial score (nSPS) is 18.0. The summed E-state index contributed by atoms with van der Waals surface area (Å²) < 4.78 is 0. The number of hydrogen-bond donors (Lipinski definition) is 2. The maximum Gasteiger partial charge on any atom is 0.290 e. The van der Waals surface area contributed by atoms with Crippen LogP contribution >= 0.6 is 11.8 Å². The number of nitrogens with one attached hydrogen (secondary N) is 1. The lowest BCUT2D eigenvalue weighted by molar-refractivity contribution is -0.115. The van der Waals surface area contributed by atoms with Crippen LogP contribution in [0.25, 0.3) is 5.57 Å². The molecule has 110 valence electrons. The number of rotatable bonds is 3. The second kappa shape index (κ2) is 6.17. The van der Waals surface area contributed by atoms with Gasteiger partial charge in [-0.05, 0) is 22.9 Å². The van der Waals surface area contributed by atoms with E-state index in [1.165, 1.54) is 0 Å². The van der Waals surface area contributed by atoms with E-state index in [1.807, 2.05) is 48.5 Å². The van der Waals surface area contributed by atoms with E-state index in [0.29, 0.717) is 16.7 Å². The summed E-state index contributed by atoms with van der Waals surface area (Å²) in [6.45, 7) is 0. The zero-order valence-corrected chi connectivity index (χ0v) is 12.3. The summed E-state index contributed by atoms with van der Waals surface area (Å²) >= 11 is 0.820. The molecule has 1 unspecified atom stereocenters. The van der Waals surface area contributed by atoms with Gasteiger partial charge >= 0.3 is 0 Å². The third-order valence-electron chi connectivity index (χ3n) is 3.33. The van der Waals surface area contributed by atoms with Gasteiger partial charge in [-0.1, -0.05) is 60.7 Å². The molecular formula is C17H13NO3S. The molecule has 2 amide bonds. The Balaban J connectivity index is 2.14. The highest BCUT2D eigenvalue weighted by Crippen LogP contribution is 2.39. The van der Waals surface area contributed by atoms with Gasteiger partial charge in [0.15, 0.2) is 0 Å². The minimum Gasteiger partial charge on any atom is -0.384 e. The summed E-state index contributed by atoms with van der Waals surface area (Å²) in [4.78, 5) is 23.7. The van der Waals surface area contributed by atoms with E-state index in [1.54, 1.807) is 12.1 Å². The first kappa shape index (κ1) is 14.6. The molecule has 0 radical (unpaired) electrons. The first-order valence-corrected chi connectivity index (χ1v) is 7.54. The van der Waals surface area contributed by atoms with Crippen LogP contribution in [-0.2, 0) is 4.79 Å². The average Bonchev–Trinajstić information content (AvgIpc) is 2.88. The Morgan fingerprint density at radius 2 is 1.55 bits per heavy atom. The predicted molar refractivity (Wildman–Crippen MR) is 85.9 cm³/mol. The Bertz CT molecular complexity index is 741. The second-order valence-corrected chi connectivity index (χ2v) is 5.75. The van der Waals surface area contributed by atoms with E-state index in [9.17, 15) is 14.7 Å². The predicted octanol–water partition coefficient (Wildman–Crippen LogP) is 3.11. The number of hydrogen-bond acceptors (Lipinski definition) is 4. The number of thioether (sulfide) groups is 1.